The lowest BCUT2D eigenvalue weighted by molar-refractivity contribution is 0.380. The van der Waals surface area contributed by atoms with E-state index in [1.807, 2.05) is 13.8 Å². The fraction of sp³-hybridized carbons (Fsp3) is 0.462. The van der Waals surface area contributed by atoms with Crippen LogP contribution in [0.1, 0.15) is 31.1 Å². The highest BCUT2D eigenvalue weighted by Gasteiger charge is 2.21. The fourth-order valence-corrected chi connectivity index (χ4v) is 2.95. The Morgan fingerprint density at radius 1 is 1.29 bits per heavy atom. The van der Waals surface area contributed by atoms with Gasteiger partial charge in [-0.3, -0.25) is 0 Å². The molecule has 0 unspecified atom stereocenters. The number of rotatable bonds is 7. The Hall–Kier alpha value is -1.64. The smallest absolute Gasteiger partial charge is 0.244 e. The lowest BCUT2D eigenvalue weighted by atomic mass is 10.3. The molecule has 2 heterocycles. The van der Waals surface area contributed by atoms with Crippen LogP contribution in [0, 0.1) is 6.92 Å². The molecule has 2 N–H and O–H groups in total. The van der Waals surface area contributed by atoms with Crippen LogP contribution in [0.15, 0.2) is 32.2 Å². The molecule has 0 amide bonds. The van der Waals surface area contributed by atoms with Crippen molar-refractivity contribution in [2.45, 2.75) is 44.8 Å². The van der Waals surface area contributed by atoms with Gasteiger partial charge >= 0.3 is 0 Å². The van der Waals surface area contributed by atoms with Crippen LogP contribution in [0.5, 0.6) is 0 Å². The van der Waals surface area contributed by atoms with Crippen LogP contribution in [0.3, 0.4) is 0 Å². The van der Waals surface area contributed by atoms with Gasteiger partial charge in [0, 0.05) is 18.2 Å². The highest BCUT2D eigenvalue weighted by molar-refractivity contribution is 7.89. The third kappa shape index (κ3) is 4.16. The highest BCUT2D eigenvalue weighted by Crippen LogP contribution is 2.20. The van der Waals surface area contributed by atoms with Crippen LogP contribution in [-0.2, 0) is 23.1 Å². The summed E-state index contributed by atoms with van der Waals surface area (Å²) in [7, 11) is -3.64. The van der Waals surface area contributed by atoms with Gasteiger partial charge in [-0.25, -0.2) is 13.1 Å². The summed E-state index contributed by atoms with van der Waals surface area (Å²) in [6, 6.07) is 3.43. The van der Waals surface area contributed by atoms with Crippen molar-refractivity contribution in [1.29, 1.82) is 0 Å². The van der Waals surface area contributed by atoms with Crippen LogP contribution in [0.2, 0.25) is 0 Å². The number of furan rings is 1. The van der Waals surface area contributed by atoms with Crippen LogP contribution < -0.4 is 10.0 Å². The van der Waals surface area contributed by atoms with Crippen molar-refractivity contribution in [3.05, 3.63) is 35.6 Å². The molecule has 0 saturated carbocycles. The maximum Gasteiger partial charge on any atom is 0.244 e. The van der Waals surface area contributed by atoms with E-state index in [1.54, 1.807) is 13.0 Å². The molecule has 2 rings (SSSR count). The second kappa shape index (κ2) is 6.42. The average Bonchev–Trinajstić information content (AvgIpc) is 3.03. The zero-order chi connectivity index (χ0) is 15.5. The van der Waals surface area contributed by atoms with Crippen molar-refractivity contribution in [3.8, 4) is 0 Å². The Kier molecular flexibility index (Phi) is 4.81. The Morgan fingerprint density at radius 2 is 2.05 bits per heavy atom. The molecule has 116 valence electrons. The molecule has 0 fully saturated rings. The van der Waals surface area contributed by atoms with Gasteiger partial charge in [0.1, 0.15) is 16.4 Å². The molecule has 7 nitrogen and oxygen atoms in total. The van der Waals surface area contributed by atoms with E-state index >= 15 is 0 Å². The summed E-state index contributed by atoms with van der Waals surface area (Å²) >= 11 is 0. The predicted molar refractivity (Wildman–Crippen MR) is 75.9 cm³/mol. The molecule has 8 heteroatoms. The van der Waals surface area contributed by atoms with Crippen LogP contribution in [0.4, 0.5) is 0 Å². The molecule has 0 radical (unpaired) electrons. The summed E-state index contributed by atoms with van der Waals surface area (Å²) in [6.45, 7) is 6.17. The SMILES string of the molecule is Cc1oc(CNC(C)C)cc1S(=O)(=O)NCc1ccno1. The molecule has 21 heavy (non-hydrogen) atoms. The zero-order valence-corrected chi connectivity index (χ0v) is 13.0. The summed E-state index contributed by atoms with van der Waals surface area (Å²) in [4.78, 5) is 0.141. The lowest BCUT2D eigenvalue weighted by Gasteiger charge is -2.04. The molecule has 2 aromatic heterocycles. The van der Waals surface area contributed by atoms with Crippen molar-refractivity contribution in [2.75, 3.05) is 0 Å². The van der Waals surface area contributed by atoms with E-state index in [0.717, 1.165) is 0 Å². The molecule has 0 aromatic carbocycles. The monoisotopic (exact) mass is 313 g/mol. The minimum atomic E-state index is -3.64. The molecular formula is C13H19N3O4S. The fourth-order valence-electron chi connectivity index (χ4n) is 1.76. The van der Waals surface area contributed by atoms with Crippen molar-refractivity contribution < 1.29 is 17.4 Å². The van der Waals surface area contributed by atoms with E-state index in [2.05, 4.69) is 15.2 Å². The molecule has 0 saturated heterocycles. The Labute approximate surface area is 123 Å². The number of hydrogen-bond donors (Lipinski definition) is 2. The lowest BCUT2D eigenvalue weighted by Crippen LogP contribution is -2.23. The number of sulfonamides is 1. The number of aryl methyl sites for hydroxylation is 1. The standard InChI is InChI=1S/C13H19N3O4S/c1-9(2)14-7-12-6-13(10(3)19-12)21(17,18)16-8-11-4-5-15-20-11/h4-6,9,14,16H,7-8H2,1-3H3. The van der Waals surface area contributed by atoms with Gasteiger partial charge in [-0.05, 0) is 6.92 Å². The van der Waals surface area contributed by atoms with E-state index in [0.29, 0.717) is 29.9 Å². The first kappa shape index (κ1) is 15.7. The van der Waals surface area contributed by atoms with Gasteiger partial charge < -0.3 is 14.3 Å². The first-order chi connectivity index (χ1) is 9.88. The number of nitrogens with zero attached hydrogens (tertiary/aromatic N) is 1. The van der Waals surface area contributed by atoms with Crippen LogP contribution >= 0.6 is 0 Å². The van der Waals surface area contributed by atoms with Crippen molar-refractivity contribution in [3.63, 3.8) is 0 Å². The van der Waals surface area contributed by atoms with Gasteiger partial charge in [0.2, 0.25) is 10.0 Å². The van der Waals surface area contributed by atoms with Crippen molar-refractivity contribution >= 4 is 10.0 Å². The normalized spacial score (nSPS) is 12.2. The second-order valence-electron chi connectivity index (χ2n) is 4.97. The minimum absolute atomic E-state index is 0.0481. The molecule has 0 aliphatic rings. The number of aromatic nitrogens is 1. The highest BCUT2D eigenvalue weighted by atomic mass is 32.2. The van der Waals surface area contributed by atoms with E-state index in [9.17, 15) is 8.42 Å². The zero-order valence-electron chi connectivity index (χ0n) is 12.2. The largest absolute Gasteiger partial charge is 0.464 e. The summed E-state index contributed by atoms with van der Waals surface area (Å²) in [6.07, 6.45) is 1.46. The quantitative estimate of drug-likeness (QED) is 0.805. The van der Waals surface area contributed by atoms with Gasteiger partial charge in [-0.2, -0.15) is 0 Å². The number of hydrogen-bond acceptors (Lipinski definition) is 6. The van der Waals surface area contributed by atoms with Crippen molar-refractivity contribution in [1.82, 2.24) is 15.2 Å². The topological polar surface area (TPSA) is 97.4 Å². The van der Waals surface area contributed by atoms with E-state index in [1.165, 1.54) is 12.3 Å². The van der Waals surface area contributed by atoms with Crippen LogP contribution in [-0.4, -0.2) is 19.6 Å². The Bertz CT molecular complexity index is 674. The van der Waals surface area contributed by atoms with Crippen molar-refractivity contribution in [2.24, 2.45) is 0 Å². The molecule has 0 aliphatic heterocycles. The van der Waals surface area contributed by atoms with Gasteiger partial charge in [0.05, 0.1) is 19.3 Å². The third-order valence-electron chi connectivity index (χ3n) is 2.82. The first-order valence-corrected chi connectivity index (χ1v) is 8.08. The predicted octanol–water partition coefficient (Wildman–Crippen LogP) is 1.55. The molecule has 0 atom stereocenters. The molecule has 0 aliphatic carbocycles. The van der Waals surface area contributed by atoms with Gasteiger partial charge in [0.25, 0.3) is 0 Å². The molecular weight excluding hydrogens is 294 g/mol. The third-order valence-corrected chi connectivity index (χ3v) is 4.33. The molecule has 0 bridgehead atoms. The molecule has 2 aromatic rings. The number of nitrogens with one attached hydrogen (secondary N) is 2. The van der Waals surface area contributed by atoms with E-state index in [-0.39, 0.29) is 11.4 Å². The first-order valence-electron chi connectivity index (χ1n) is 6.60. The molecule has 0 spiro atoms. The second-order valence-corrected chi connectivity index (χ2v) is 6.71. The van der Waals surface area contributed by atoms with Crippen LogP contribution in [0.25, 0.3) is 0 Å². The van der Waals surface area contributed by atoms with E-state index in [4.69, 9.17) is 8.94 Å². The maximum absolute atomic E-state index is 12.2. The Morgan fingerprint density at radius 3 is 2.67 bits per heavy atom. The van der Waals surface area contributed by atoms with Gasteiger partial charge in [0.15, 0.2) is 5.76 Å². The summed E-state index contributed by atoms with van der Waals surface area (Å²) in [5, 5.41) is 6.70. The summed E-state index contributed by atoms with van der Waals surface area (Å²) in [5.41, 5.74) is 0. The summed E-state index contributed by atoms with van der Waals surface area (Å²) < 4.78 is 37.3. The average molecular weight is 313 g/mol. The van der Waals surface area contributed by atoms with Gasteiger partial charge in [-0.15, -0.1) is 0 Å². The van der Waals surface area contributed by atoms with Gasteiger partial charge in [-0.1, -0.05) is 19.0 Å². The summed E-state index contributed by atoms with van der Waals surface area (Å²) in [5.74, 6) is 1.39. The minimum Gasteiger partial charge on any atom is -0.464 e. The van der Waals surface area contributed by atoms with E-state index < -0.39 is 10.0 Å². The Balaban J connectivity index is 2.08. The maximum atomic E-state index is 12.2.